The number of anilines is 1. The highest BCUT2D eigenvalue weighted by atomic mass is 16.5. The van der Waals surface area contributed by atoms with E-state index >= 15 is 0 Å². The molecule has 0 bridgehead atoms. The van der Waals surface area contributed by atoms with Crippen molar-refractivity contribution in [2.24, 2.45) is 0 Å². The van der Waals surface area contributed by atoms with Crippen LogP contribution in [0.2, 0.25) is 0 Å². The van der Waals surface area contributed by atoms with E-state index in [4.69, 9.17) is 18.7 Å². The summed E-state index contributed by atoms with van der Waals surface area (Å²) in [4.78, 5) is 8.81. The van der Waals surface area contributed by atoms with E-state index in [1.54, 1.807) is 20.4 Å². The molecule has 0 saturated heterocycles. The second-order valence-corrected chi connectivity index (χ2v) is 5.52. The third kappa shape index (κ3) is 4.35. The Morgan fingerprint density at radius 1 is 1.11 bits per heavy atom. The first-order chi connectivity index (χ1) is 13.3. The molecule has 0 amide bonds. The number of ether oxygens (including phenoxy) is 3. The fraction of sp³-hybridized carbons (Fsp3) is 0.316. The zero-order valence-corrected chi connectivity index (χ0v) is 15.6. The summed E-state index contributed by atoms with van der Waals surface area (Å²) in [6.07, 6.45) is 1.68. The summed E-state index contributed by atoms with van der Waals surface area (Å²) in [6.45, 7) is 3.99. The molecule has 2 heterocycles. The normalized spacial score (nSPS) is 10.6. The smallest absolute Gasteiger partial charge is 0.259 e. The minimum atomic E-state index is 0.378. The van der Waals surface area contributed by atoms with Crippen molar-refractivity contribution in [3.8, 4) is 34.3 Å². The Kier molecular flexibility index (Phi) is 6.22. The van der Waals surface area contributed by atoms with Gasteiger partial charge in [0.15, 0.2) is 11.5 Å². The molecule has 1 aromatic carbocycles. The van der Waals surface area contributed by atoms with E-state index in [2.05, 4.69) is 20.4 Å². The molecule has 0 fully saturated rings. The molecule has 1 N–H and O–H groups in total. The lowest BCUT2D eigenvalue weighted by atomic mass is 10.1. The molecule has 0 spiro atoms. The highest BCUT2D eigenvalue weighted by Gasteiger charge is 2.17. The van der Waals surface area contributed by atoms with Crippen LogP contribution in [0.15, 0.2) is 41.1 Å². The van der Waals surface area contributed by atoms with Gasteiger partial charge in [-0.2, -0.15) is 4.98 Å². The molecule has 0 aliphatic heterocycles. The Morgan fingerprint density at radius 2 is 2.00 bits per heavy atom. The Labute approximate surface area is 157 Å². The maximum Gasteiger partial charge on any atom is 0.259 e. The second kappa shape index (κ2) is 9.00. The van der Waals surface area contributed by atoms with Crippen molar-refractivity contribution in [3.05, 3.63) is 36.5 Å². The van der Waals surface area contributed by atoms with Crippen molar-refractivity contribution < 1.29 is 18.7 Å². The van der Waals surface area contributed by atoms with Gasteiger partial charge in [-0.05, 0) is 31.2 Å². The van der Waals surface area contributed by atoms with Gasteiger partial charge in [0, 0.05) is 19.3 Å². The van der Waals surface area contributed by atoms with E-state index in [9.17, 15) is 0 Å². The third-order valence-corrected chi connectivity index (χ3v) is 3.84. The van der Waals surface area contributed by atoms with Gasteiger partial charge in [-0.1, -0.05) is 11.2 Å². The van der Waals surface area contributed by atoms with E-state index in [0.717, 1.165) is 11.4 Å². The number of nitrogens with one attached hydrogen (secondary N) is 1. The summed E-state index contributed by atoms with van der Waals surface area (Å²) in [6, 6.07) is 9.23. The van der Waals surface area contributed by atoms with Gasteiger partial charge in [-0.25, -0.2) is 4.98 Å². The van der Waals surface area contributed by atoms with Crippen molar-refractivity contribution in [2.75, 3.05) is 39.3 Å². The quantitative estimate of drug-likeness (QED) is 0.574. The van der Waals surface area contributed by atoms with E-state index in [0.29, 0.717) is 48.5 Å². The van der Waals surface area contributed by atoms with Gasteiger partial charge in [-0.15, -0.1) is 0 Å². The molecule has 0 aliphatic rings. The number of aromatic nitrogens is 3. The van der Waals surface area contributed by atoms with Crippen LogP contribution >= 0.6 is 0 Å². The number of benzene rings is 1. The summed E-state index contributed by atoms with van der Waals surface area (Å²) in [5.74, 6) is 2.71. The Hall–Kier alpha value is -3.13. The Morgan fingerprint density at radius 3 is 2.70 bits per heavy atom. The van der Waals surface area contributed by atoms with Crippen molar-refractivity contribution in [3.63, 3.8) is 0 Å². The molecule has 0 aliphatic carbocycles. The SMILES string of the molecule is CCOCCNc1ccc(-c2nc(-c3cccc(OC)c3OC)no2)cn1. The van der Waals surface area contributed by atoms with E-state index in [1.165, 1.54) is 0 Å². The van der Waals surface area contributed by atoms with Crippen molar-refractivity contribution >= 4 is 5.82 Å². The maximum atomic E-state index is 5.43. The summed E-state index contributed by atoms with van der Waals surface area (Å²) >= 11 is 0. The summed E-state index contributed by atoms with van der Waals surface area (Å²) < 4.78 is 21.4. The second-order valence-electron chi connectivity index (χ2n) is 5.52. The number of pyridine rings is 1. The first-order valence-electron chi connectivity index (χ1n) is 8.60. The van der Waals surface area contributed by atoms with Crippen LogP contribution in [0.5, 0.6) is 11.5 Å². The van der Waals surface area contributed by atoms with Gasteiger partial charge in [-0.3, -0.25) is 0 Å². The molecule has 142 valence electrons. The lowest BCUT2D eigenvalue weighted by Gasteiger charge is -2.09. The lowest BCUT2D eigenvalue weighted by molar-refractivity contribution is 0.158. The molecule has 3 rings (SSSR count). The topological polar surface area (TPSA) is 91.5 Å². The summed E-state index contributed by atoms with van der Waals surface area (Å²) in [5.41, 5.74) is 1.42. The molecule has 0 radical (unpaired) electrons. The van der Waals surface area contributed by atoms with Crippen LogP contribution in [0, 0.1) is 0 Å². The van der Waals surface area contributed by atoms with E-state index < -0.39 is 0 Å². The van der Waals surface area contributed by atoms with Crippen LogP contribution in [0.1, 0.15) is 6.92 Å². The van der Waals surface area contributed by atoms with Crippen LogP contribution < -0.4 is 14.8 Å². The summed E-state index contributed by atoms with van der Waals surface area (Å²) in [7, 11) is 3.16. The number of methoxy groups -OCH3 is 2. The first-order valence-corrected chi connectivity index (χ1v) is 8.60. The number of rotatable bonds is 9. The third-order valence-electron chi connectivity index (χ3n) is 3.84. The first kappa shape index (κ1) is 18.7. The molecule has 2 aromatic heterocycles. The van der Waals surface area contributed by atoms with Crippen LogP contribution in [-0.4, -0.2) is 49.1 Å². The van der Waals surface area contributed by atoms with Crippen molar-refractivity contribution in [2.45, 2.75) is 6.92 Å². The Bertz CT molecular complexity index is 864. The van der Waals surface area contributed by atoms with Gasteiger partial charge in [0.25, 0.3) is 5.89 Å². The zero-order valence-electron chi connectivity index (χ0n) is 15.6. The monoisotopic (exact) mass is 370 g/mol. The highest BCUT2D eigenvalue weighted by Crippen LogP contribution is 2.37. The van der Waals surface area contributed by atoms with Crippen LogP contribution in [0.4, 0.5) is 5.82 Å². The number of hydrogen-bond donors (Lipinski definition) is 1. The van der Waals surface area contributed by atoms with Gasteiger partial charge in [0.05, 0.1) is 32.0 Å². The average Bonchev–Trinajstić information content (AvgIpc) is 3.21. The predicted octanol–water partition coefficient (Wildman–Crippen LogP) is 3.26. The van der Waals surface area contributed by atoms with E-state index in [1.807, 2.05) is 37.3 Å². The molecule has 0 atom stereocenters. The minimum Gasteiger partial charge on any atom is -0.493 e. The van der Waals surface area contributed by atoms with Crippen LogP contribution in [0.3, 0.4) is 0 Å². The Balaban J connectivity index is 1.76. The lowest BCUT2D eigenvalue weighted by Crippen LogP contribution is -2.09. The van der Waals surface area contributed by atoms with Gasteiger partial charge >= 0.3 is 0 Å². The zero-order chi connectivity index (χ0) is 19.1. The van der Waals surface area contributed by atoms with Gasteiger partial charge < -0.3 is 24.1 Å². The van der Waals surface area contributed by atoms with Crippen molar-refractivity contribution in [1.29, 1.82) is 0 Å². The molecule has 8 nitrogen and oxygen atoms in total. The fourth-order valence-electron chi connectivity index (χ4n) is 2.53. The molecule has 0 unspecified atom stereocenters. The maximum absolute atomic E-state index is 5.43. The molecule has 27 heavy (non-hydrogen) atoms. The predicted molar refractivity (Wildman–Crippen MR) is 101 cm³/mol. The number of hydrogen-bond acceptors (Lipinski definition) is 8. The summed E-state index contributed by atoms with van der Waals surface area (Å²) in [5, 5.41) is 7.24. The number of para-hydroxylation sites is 1. The standard InChI is InChI=1S/C19H22N4O4/c1-4-26-11-10-20-16-9-8-13(12-21-16)19-22-18(23-27-19)14-6-5-7-15(24-2)17(14)25-3/h5-9,12H,4,10-11H2,1-3H3,(H,20,21). The van der Waals surface area contributed by atoms with E-state index in [-0.39, 0.29) is 0 Å². The van der Waals surface area contributed by atoms with Gasteiger partial charge in [0.2, 0.25) is 5.82 Å². The molecular weight excluding hydrogens is 348 g/mol. The molecule has 3 aromatic rings. The molecular formula is C19H22N4O4. The van der Waals surface area contributed by atoms with Gasteiger partial charge in [0.1, 0.15) is 5.82 Å². The number of nitrogens with zero attached hydrogens (tertiary/aromatic N) is 3. The minimum absolute atomic E-state index is 0.378. The van der Waals surface area contributed by atoms with Crippen LogP contribution in [0.25, 0.3) is 22.8 Å². The average molecular weight is 370 g/mol. The molecule has 8 heteroatoms. The largest absolute Gasteiger partial charge is 0.493 e. The molecule has 0 saturated carbocycles. The fourth-order valence-corrected chi connectivity index (χ4v) is 2.53. The highest BCUT2D eigenvalue weighted by molar-refractivity contribution is 5.69. The van der Waals surface area contributed by atoms with Crippen molar-refractivity contribution in [1.82, 2.24) is 15.1 Å². The van der Waals surface area contributed by atoms with Crippen LogP contribution in [-0.2, 0) is 4.74 Å².